The number of halogens is 8. The monoisotopic (exact) mass is 597 g/mol. The molecule has 0 bridgehead atoms. The first-order chi connectivity index (χ1) is 12.1. The average Bonchev–Trinajstić information content (AvgIpc) is 2.50. The van der Waals surface area contributed by atoms with Crippen LogP contribution in [0, 0.1) is 0 Å². The summed E-state index contributed by atoms with van der Waals surface area (Å²) in [7, 11) is 0. The molecule has 26 heavy (non-hydrogen) atoms. The van der Waals surface area contributed by atoms with Crippen molar-refractivity contribution >= 4 is 71.0 Å². The number of benzene rings is 1. The molecule has 0 fully saturated rings. The molecule has 140 valence electrons. The van der Waals surface area contributed by atoms with Gasteiger partial charge in [0.25, 0.3) is 0 Å². The van der Waals surface area contributed by atoms with Gasteiger partial charge >= 0.3 is 6.18 Å². The van der Waals surface area contributed by atoms with E-state index >= 15 is 0 Å². The van der Waals surface area contributed by atoms with Crippen LogP contribution >= 0.6 is 71.0 Å². The molecule has 0 spiro atoms. The summed E-state index contributed by atoms with van der Waals surface area (Å²) in [6, 6.07) is 3.79. The highest BCUT2D eigenvalue weighted by Gasteiger charge is 2.31. The Labute approximate surface area is 181 Å². The maximum atomic E-state index is 12.7. The van der Waals surface area contributed by atoms with E-state index in [0.717, 1.165) is 9.46 Å². The molecule has 0 aliphatic carbocycles. The molecule has 0 aliphatic heterocycles. The van der Waals surface area contributed by atoms with E-state index in [0.29, 0.717) is 11.9 Å². The van der Waals surface area contributed by atoms with E-state index < -0.39 is 11.7 Å². The van der Waals surface area contributed by atoms with Gasteiger partial charge in [0.1, 0.15) is 12.4 Å². The van der Waals surface area contributed by atoms with Gasteiger partial charge in [-0.25, -0.2) is 4.98 Å². The molecule has 0 atom stereocenters. The van der Waals surface area contributed by atoms with Crippen molar-refractivity contribution in [2.24, 2.45) is 0 Å². The molecule has 1 aromatic heterocycles. The second kappa shape index (κ2) is 9.14. The van der Waals surface area contributed by atoms with Crippen LogP contribution in [0.15, 0.2) is 38.3 Å². The lowest BCUT2D eigenvalue weighted by molar-refractivity contribution is -0.137. The van der Waals surface area contributed by atoms with Gasteiger partial charge in [0, 0.05) is 18.3 Å². The van der Waals surface area contributed by atoms with Gasteiger partial charge in [-0.15, -0.1) is 0 Å². The van der Waals surface area contributed by atoms with Gasteiger partial charge < -0.3 is 9.47 Å². The lowest BCUT2D eigenvalue weighted by Gasteiger charge is -2.13. The van der Waals surface area contributed by atoms with Crippen molar-refractivity contribution < 1.29 is 22.6 Å². The Bertz CT molecular complexity index is 820. The van der Waals surface area contributed by atoms with Crippen molar-refractivity contribution in [3.05, 3.63) is 53.9 Å². The number of nitrogens with zero attached hydrogens (tertiary/aromatic N) is 1. The van der Waals surface area contributed by atoms with Crippen molar-refractivity contribution in [1.82, 2.24) is 4.98 Å². The minimum Gasteiger partial charge on any atom is -0.489 e. The predicted molar refractivity (Wildman–Crippen MR) is 105 cm³/mol. The highest BCUT2D eigenvalue weighted by molar-refractivity contribution is 9.28. The molecule has 2 rings (SSSR count). The SMILES string of the molecule is FC(F)(F)c1cnc(Oc2c(Cl)cc(OCC=C(Br)Br)cc2Cl)c(Br)c1. The van der Waals surface area contributed by atoms with E-state index in [-0.39, 0.29) is 32.8 Å². The van der Waals surface area contributed by atoms with Crippen molar-refractivity contribution in [3.63, 3.8) is 0 Å². The van der Waals surface area contributed by atoms with Crippen LogP contribution in [0.25, 0.3) is 0 Å². The van der Waals surface area contributed by atoms with Crippen LogP contribution in [0.5, 0.6) is 17.4 Å². The summed E-state index contributed by atoms with van der Waals surface area (Å²) in [4.78, 5) is 3.66. The number of alkyl halides is 3. The first kappa shape index (κ1) is 21.8. The molecular weight excluding hydrogens is 594 g/mol. The second-order valence-corrected chi connectivity index (χ2v) is 9.07. The molecule has 0 amide bonds. The normalized spacial score (nSPS) is 11.2. The first-order valence-corrected chi connectivity index (χ1v) is 9.75. The van der Waals surface area contributed by atoms with Crippen LogP contribution in [0.4, 0.5) is 13.2 Å². The molecule has 0 radical (unpaired) electrons. The number of rotatable bonds is 5. The zero-order valence-corrected chi connectivity index (χ0v) is 18.7. The lowest BCUT2D eigenvalue weighted by atomic mass is 10.3. The number of hydrogen-bond acceptors (Lipinski definition) is 3. The van der Waals surface area contributed by atoms with Crippen LogP contribution in [0.2, 0.25) is 10.0 Å². The maximum Gasteiger partial charge on any atom is 0.417 e. The molecule has 0 saturated carbocycles. The summed E-state index contributed by atoms with van der Waals surface area (Å²) in [5, 5.41) is 0.228. The van der Waals surface area contributed by atoms with E-state index in [2.05, 4.69) is 52.8 Å². The van der Waals surface area contributed by atoms with Crippen LogP contribution in [0.1, 0.15) is 5.56 Å². The molecule has 0 unspecified atom stereocenters. The number of pyridine rings is 1. The summed E-state index contributed by atoms with van der Waals surface area (Å²) in [5.74, 6) is 0.330. The third-order valence-corrected chi connectivity index (χ3v) is 4.57. The lowest BCUT2D eigenvalue weighted by Crippen LogP contribution is -2.06. The number of aromatic nitrogens is 1. The van der Waals surface area contributed by atoms with Gasteiger partial charge in [-0.2, -0.15) is 13.2 Å². The van der Waals surface area contributed by atoms with Crippen LogP contribution in [-0.4, -0.2) is 11.6 Å². The standard InChI is InChI=1S/C15H7Br3Cl2F3NO2/c16-9-3-7(15(21,22)23)6-24-14(9)26-13-10(19)4-8(5-11(13)20)25-2-1-12(17)18/h1,3-6H,2H2. The van der Waals surface area contributed by atoms with E-state index in [4.69, 9.17) is 32.7 Å². The molecular formula is C15H7Br3Cl2F3NO2. The summed E-state index contributed by atoms with van der Waals surface area (Å²) in [6.45, 7) is 0.255. The molecule has 1 heterocycles. The molecule has 0 N–H and O–H groups in total. The number of ether oxygens (including phenoxy) is 2. The Balaban J connectivity index is 2.23. The predicted octanol–water partition coefficient (Wildman–Crippen LogP) is 7.97. The summed E-state index contributed by atoms with van der Waals surface area (Å²) in [5.41, 5.74) is -0.913. The Morgan fingerprint density at radius 3 is 2.27 bits per heavy atom. The molecule has 0 saturated heterocycles. The van der Waals surface area contributed by atoms with Gasteiger partial charge in [0.15, 0.2) is 5.75 Å². The Morgan fingerprint density at radius 1 is 1.15 bits per heavy atom. The molecule has 11 heteroatoms. The summed E-state index contributed by atoms with van der Waals surface area (Å²) >= 11 is 21.7. The minimum absolute atomic E-state index is 0.00657. The van der Waals surface area contributed by atoms with Gasteiger partial charge in [-0.05, 0) is 59.9 Å². The van der Waals surface area contributed by atoms with Crippen LogP contribution < -0.4 is 9.47 Å². The third-order valence-electron chi connectivity index (χ3n) is 2.79. The van der Waals surface area contributed by atoms with E-state index in [9.17, 15) is 13.2 Å². The van der Waals surface area contributed by atoms with Gasteiger partial charge in [-0.1, -0.05) is 23.2 Å². The Kier molecular flexibility index (Phi) is 7.67. The van der Waals surface area contributed by atoms with Crippen LogP contribution in [0.3, 0.4) is 0 Å². The first-order valence-electron chi connectivity index (χ1n) is 6.61. The minimum atomic E-state index is -4.51. The van der Waals surface area contributed by atoms with Crippen molar-refractivity contribution in [2.75, 3.05) is 6.61 Å². The smallest absolute Gasteiger partial charge is 0.417 e. The van der Waals surface area contributed by atoms with Gasteiger partial charge in [-0.3, -0.25) is 0 Å². The zero-order valence-electron chi connectivity index (χ0n) is 12.4. The fraction of sp³-hybridized carbons (Fsp3) is 0.133. The van der Waals surface area contributed by atoms with Crippen LogP contribution in [-0.2, 0) is 6.18 Å². The maximum absolute atomic E-state index is 12.7. The average molecular weight is 601 g/mol. The quantitative estimate of drug-likeness (QED) is 0.349. The highest BCUT2D eigenvalue weighted by atomic mass is 79.9. The Hall–Kier alpha value is -0.480. The molecule has 2 aromatic rings. The fourth-order valence-electron chi connectivity index (χ4n) is 1.67. The molecule has 1 aromatic carbocycles. The summed E-state index contributed by atoms with van der Waals surface area (Å²) < 4.78 is 49.7. The van der Waals surface area contributed by atoms with Crippen molar-refractivity contribution in [3.8, 4) is 17.4 Å². The summed E-state index contributed by atoms with van der Waals surface area (Å²) in [6.07, 6.45) is -2.14. The van der Waals surface area contributed by atoms with Gasteiger partial charge in [0.05, 0.1) is 23.5 Å². The zero-order chi connectivity index (χ0) is 19.5. The van der Waals surface area contributed by atoms with E-state index in [1.165, 1.54) is 12.1 Å². The highest BCUT2D eigenvalue weighted by Crippen LogP contribution is 2.41. The third kappa shape index (κ3) is 6.02. The van der Waals surface area contributed by atoms with E-state index in [1.807, 2.05) is 0 Å². The fourth-order valence-corrected chi connectivity index (χ4v) is 2.91. The number of hydrogen-bond donors (Lipinski definition) is 0. The second-order valence-electron chi connectivity index (χ2n) is 4.63. The van der Waals surface area contributed by atoms with E-state index in [1.54, 1.807) is 6.08 Å². The van der Waals surface area contributed by atoms with Crippen molar-refractivity contribution in [1.29, 1.82) is 0 Å². The van der Waals surface area contributed by atoms with Crippen molar-refractivity contribution in [2.45, 2.75) is 6.18 Å². The topological polar surface area (TPSA) is 31.4 Å². The largest absolute Gasteiger partial charge is 0.489 e. The molecule has 0 aliphatic rings. The Morgan fingerprint density at radius 2 is 1.77 bits per heavy atom. The van der Waals surface area contributed by atoms with Gasteiger partial charge in [0.2, 0.25) is 5.88 Å². The molecule has 3 nitrogen and oxygen atoms in total.